The highest BCUT2D eigenvalue weighted by Gasteiger charge is 2.41. The maximum Gasteiger partial charge on any atom is 0.318 e. The molecule has 3 rings (SSSR count). The van der Waals surface area contributed by atoms with E-state index in [-0.39, 0.29) is 6.03 Å². The summed E-state index contributed by atoms with van der Waals surface area (Å²) in [6.45, 7) is 1.53. The number of nitrogens with zero attached hydrogens (tertiary/aromatic N) is 1. The van der Waals surface area contributed by atoms with Gasteiger partial charge < -0.3 is 15.0 Å². The molecule has 0 aromatic carbocycles. The molecule has 2 unspecified atom stereocenters. The summed E-state index contributed by atoms with van der Waals surface area (Å²) in [5.41, 5.74) is 0. The van der Waals surface area contributed by atoms with E-state index in [4.69, 9.17) is 4.74 Å². The lowest BCUT2D eigenvalue weighted by Crippen LogP contribution is -2.49. The Labute approximate surface area is 103 Å². The van der Waals surface area contributed by atoms with Crippen LogP contribution in [0.5, 0.6) is 0 Å². The zero-order chi connectivity index (χ0) is 11.7. The number of carbonyl (C=O) groups excluding carboxylic acids is 1. The molecule has 3 aliphatic rings. The Morgan fingerprint density at radius 3 is 2.53 bits per heavy atom. The van der Waals surface area contributed by atoms with E-state index < -0.39 is 0 Å². The molecule has 0 radical (unpaired) electrons. The molecule has 2 amide bonds. The van der Waals surface area contributed by atoms with Crippen molar-refractivity contribution in [2.75, 3.05) is 13.2 Å². The normalized spacial score (nSPS) is 33.8. The molecule has 2 heterocycles. The molecule has 4 nitrogen and oxygen atoms in total. The van der Waals surface area contributed by atoms with Gasteiger partial charge in [0.25, 0.3) is 0 Å². The molecular weight excluding hydrogens is 216 g/mol. The number of hydrogen-bond donors (Lipinski definition) is 1. The third-order valence-electron chi connectivity index (χ3n) is 4.34. The second-order valence-electron chi connectivity index (χ2n) is 5.64. The summed E-state index contributed by atoms with van der Waals surface area (Å²) < 4.78 is 5.52. The van der Waals surface area contributed by atoms with Gasteiger partial charge in [0.15, 0.2) is 0 Å². The van der Waals surface area contributed by atoms with Gasteiger partial charge >= 0.3 is 6.03 Å². The summed E-state index contributed by atoms with van der Waals surface area (Å²) in [6.07, 6.45) is 8.84. The van der Waals surface area contributed by atoms with E-state index in [1.54, 1.807) is 0 Å². The summed E-state index contributed by atoms with van der Waals surface area (Å²) in [5, 5.41) is 3.22. The average Bonchev–Trinajstić information content (AvgIpc) is 2.87. The molecule has 2 saturated heterocycles. The highest BCUT2D eigenvalue weighted by atomic mass is 16.5. The van der Waals surface area contributed by atoms with E-state index in [1.165, 1.54) is 25.7 Å². The Bertz CT molecular complexity index is 287. The van der Waals surface area contributed by atoms with Crippen LogP contribution in [0.15, 0.2) is 0 Å². The van der Waals surface area contributed by atoms with Crippen molar-refractivity contribution in [3.05, 3.63) is 0 Å². The molecule has 3 fully saturated rings. The van der Waals surface area contributed by atoms with Crippen LogP contribution in [0.1, 0.15) is 44.9 Å². The molecule has 1 N–H and O–H groups in total. The average molecular weight is 238 g/mol. The van der Waals surface area contributed by atoms with Gasteiger partial charge in [-0.15, -0.1) is 0 Å². The van der Waals surface area contributed by atoms with Crippen molar-refractivity contribution in [3.63, 3.8) is 0 Å². The zero-order valence-corrected chi connectivity index (χ0v) is 10.4. The minimum Gasteiger partial charge on any atom is -0.374 e. The lowest BCUT2D eigenvalue weighted by atomic mass is 10.1. The number of ether oxygens (including phenoxy) is 1. The smallest absolute Gasteiger partial charge is 0.318 e. The molecule has 96 valence electrons. The van der Waals surface area contributed by atoms with Crippen LogP contribution < -0.4 is 5.32 Å². The van der Waals surface area contributed by atoms with Crippen molar-refractivity contribution in [2.45, 2.75) is 63.1 Å². The van der Waals surface area contributed by atoms with Crippen LogP contribution in [-0.2, 0) is 4.74 Å². The van der Waals surface area contributed by atoms with Crippen LogP contribution in [0.25, 0.3) is 0 Å². The van der Waals surface area contributed by atoms with E-state index in [0.717, 1.165) is 32.4 Å². The molecule has 17 heavy (non-hydrogen) atoms. The van der Waals surface area contributed by atoms with Gasteiger partial charge in [-0.1, -0.05) is 25.7 Å². The quantitative estimate of drug-likeness (QED) is 0.709. The topological polar surface area (TPSA) is 41.6 Å². The Hall–Kier alpha value is -0.770. The monoisotopic (exact) mass is 238 g/mol. The molecule has 2 aliphatic heterocycles. The Balaban J connectivity index is 1.52. The molecule has 1 saturated carbocycles. The number of fused-ring (bicyclic) bond motifs is 2. The Kier molecular flexibility index (Phi) is 3.23. The van der Waals surface area contributed by atoms with Gasteiger partial charge in [-0.25, -0.2) is 4.79 Å². The summed E-state index contributed by atoms with van der Waals surface area (Å²) >= 11 is 0. The summed E-state index contributed by atoms with van der Waals surface area (Å²) in [4.78, 5) is 14.2. The van der Waals surface area contributed by atoms with Gasteiger partial charge in [0.05, 0.1) is 18.8 Å². The van der Waals surface area contributed by atoms with E-state index >= 15 is 0 Å². The third-order valence-corrected chi connectivity index (χ3v) is 4.34. The molecular formula is C13H22N2O2. The number of likely N-dealkylation sites (tertiary alicyclic amines) is 1. The Morgan fingerprint density at radius 2 is 1.94 bits per heavy atom. The molecule has 1 aliphatic carbocycles. The van der Waals surface area contributed by atoms with Crippen LogP contribution in [0.4, 0.5) is 4.79 Å². The summed E-state index contributed by atoms with van der Waals surface area (Å²) in [6, 6.07) is 0.892. The van der Waals surface area contributed by atoms with Crippen molar-refractivity contribution in [1.29, 1.82) is 0 Å². The van der Waals surface area contributed by atoms with Crippen LogP contribution >= 0.6 is 0 Å². The van der Waals surface area contributed by atoms with Crippen molar-refractivity contribution in [2.24, 2.45) is 0 Å². The van der Waals surface area contributed by atoms with Crippen molar-refractivity contribution in [3.8, 4) is 0 Å². The number of carbonyl (C=O) groups is 1. The van der Waals surface area contributed by atoms with Crippen LogP contribution in [0.3, 0.4) is 0 Å². The number of amides is 2. The van der Waals surface area contributed by atoms with Crippen molar-refractivity contribution < 1.29 is 9.53 Å². The number of nitrogens with one attached hydrogen (secondary N) is 1. The van der Waals surface area contributed by atoms with E-state index in [9.17, 15) is 4.79 Å². The minimum atomic E-state index is 0.146. The van der Waals surface area contributed by atoms with Crippen LogP contribution in [-0.4, -0.2) is 42.3 Å². The maximum atomic E-state index is 12.2. The zero-order valence-electron chi connectivity index (χ0n) is 10.4. The standard InChI is InChI=1S/C13H22N2O2/c16-13(14-10-5-3-1-2-4-6-10)15-8-12-7-11(15)9-17-12/h10-12H,1-9H2,(H,14,16). The minimum absolute atomic E-state index is 0.146. The predicted molar refractivity (Wildman–Crippen MR) is 64.9 cm³/mol. The van der Waals surface area contributed by atoms with E-state index in [2.05, 4.69) is 5.32 Å². The number of rotatable bonds is 1. The second-order valence-corrected chi connectivity index (χ2v) is 5.64. The highest BCUT2D eigenvalue weighted by molar-refractivity contribution is 5.75. The van der Waals surface area contributed by atoms with Crippen LogP contribution in [0, 0.1) is 0 Å². The van der Waals surface area contributed by atoms with Gasteiger partial charge in [-0.05, 0) is 19.3 Å². The molecule has 0 aromatic heterocycles. The highest BCUT2D eigenvalue weighted by Crippen LogP contribution is 2.28. The summed E-state index contributed by atoms with van der Waals surface area (Å²) in [7, 11) is 0. The molecule has 2 atom stereocenters. The van der Waals surface area contributed by atoms with Crippen molar-refractivity contribution >= 4 is 6.03 Å². The van der Waals surface area contributed by atoms with Gasteiger partial charge in [-0.2, -0.15) is 0 Å². The number of hydrogen-bond acceptors (Lipinski definition) is 2. The fraction of sp³-hybridized carbons (Fsp3) is 0.923. The van der Waals surface area contributed by atoms with Gasteiger partial charge in [0.1, 0.15) is 0 Å². The van der Waals surface area contributed by atoms with E-state index in [1.807, 2.05) is 4.90 Å². The predicted octanol–water partition coefficient (Wildman–Crippen LogP) is 1.89. The van der Waals surface area contributed by atoms with Gasteiger partial charge in [0, 0.05) is 12.6 Å². The molecule has 0 spiro atoms. The fourth-order valence-corrected chi connectivity index (χ4v) is 3.33. The first kappa shape index (κ1) is 11.3. The van der Waals surface area contributed by atoms with E-state index in [0.29, 0.717) is 18.2 Å². The maximum absolute atomic E-state index is 12.2. The van der Waals surface area contributed by atoms with Crippen molar-refractivity contribution in [1.82, 2.24) is 10.2 Å². The van der Waals surface area contributed by atoms with Crippen LogP contribution in [0.2, 0.25) is 0 Å². The summed E-state index contributed by atoms with van der Waals surface area (Å²) in [5.74, 6) is 0. The first-order valence-corrected chi connectivity index (χ1v) is 7.01. The third kappa shape index (κ3) is 2.41. The first-order chi connectivity index (χ1) is 8.33. The lowest BCUT2D eigenvalue weighted by Gasteiger charge is -2.29. The Morgan fingerprint density at radius 1 is 1.18 bits per heavy atom. The van der Waals surface area contributed by atoms with Gasteiger partial charge in [0.2, 0.25) is 0 Å². The number of urea groups is 1. The molecule has 2 bridgehead atoms. The SMILES string of the molecule is O=C(NC1CCCCCC1)N1CC2CC1CO2. The fourth-order valence-electron chi connectivity index (χ4n) is 3.33. The van der Waals surface area contributed by atoms with Gasteiger partial charge in [-0.3, -0.25) is 0 Å². The second kappa shape index (κ2) is 4.84. The molecule has 4 heteroatoms. The molecule has 0 aromatic rings. The largest absolute Gasteiger partial charge is 0.374 e. The lowest BCUT2D eigenvalue weighted by molar-refractivity contribution is 0.0439. The number of morpholine rings is 1. The first-order valence-electron chi connectivity index (χ1n) is 7.01.